The van der Waals surface area contributed by atoms with E-state index < -0.39 is 0 Å². The molecular formula is C16H25N3OS. The summed E-state index contributed by atoms with van der Waals surface area (Å²) < 4.78 is 5.03. The van der Waals surface area contributed by atoms with Gasteiger partial charge in [-0.2, -0.15) is 5.10 Å². The Bertz CT molecular complexity index is 477. The number of methoxy groups -OCH3 is 1. The third-order valence-corrected chi connectivity index (χ3v) is 3.16. The number of thiocarbonyl (C=S) groups is 1. The Morgan fingerprint density at radius 1 is 1.33 bits per heavy atom. The third-order valence-electron chi connectivity index (χ3n) is 2.95. The first-order valence-corrected chi connectivity index (χ1v) is 7.43. The fourth-order valence-corrected chi connectivity index (χ4v) is 2.04. The fraction of sp³-hybridized carbons (Fsp3) is 0.500. The quantitative estimate of drug-likeness (QED) is 0.499. The molecule has 1 atom stereocenters. The van der Waals surface area contributed by atoms with Crippen molar-refractivity contribution in [2.45, 2.75) is 39.2 Å². The van der Waals surface area contributed by atoms with Crippen LogP contribution in [0.3, 0.4) is 0 Å². The van der Waals surface area contributed by atoms with Gasteiger partial charge in [-0.1, -0.05) is 45.0 Å². The SMILES string of the molecule is COC[C@@H](C)NC(=S)N/N=C\c1ccc(C(C)(C)C)cc1. The van der Waals surface area contributed by atoms with Crippen LogP contribution in [0.1, 0.15) is 38.8 Å². The third kappa shape index (κ3) is 6.69. The van der Waals surface area contributed by atoms with Crippen molar-refractivity contribution in [3.63, 3.8) is 0 Å². The predicted molar refractivity (Wildman–Crippen MR) is 92.9 cm³/mol. The maximum Gasteiger partial charge on any atom is 0.187 e. The molecule has 0 saturated carbocycles. The zero-order chi connectivity index (χ0) is 15.9. The zero-order valence-corrected chi connectivity index (χ0v) is 14.3. The molecule has 1 aromatic rings. The van der Waals surface area contributed by atoms with Gasteiger partial charge in [0.1, 0.15) is 0 Å². The number of nitrogens with one attached hydrogen (secondary N) is 2. The minimum absolute atomic E-state index is 0.149. The van der Waals surface area contributed by atoms with Crippen LogP contribution in [-0.4, -0.2) is 31.1 Å². The van der Waals surface area contributed by atoms with Crippen molar-refractivity contribution in [1.82, 2.24) is 10.7 Å². The van der Waals surface area contributed by atoms with Crippen LogP contribution in [0, 0.1) is 0 Å². The number of hydrogen-bond acceptors (Lipinski definition) is 3. The van der Waals surface area contributed by atoms with Gasteiger partial charge in [-0.05, 0) is 35.7 Å². The maximum absolute atomic E-state index is 5.14. The Hall–Kier alpha value is -1.46. The molecule has 1 aromatic carbocycles. The standard InChI is InChI=1S/C16H25N3OS/c1-12(11-20-5)18-15(21)19-17-10-13-6-8-14(9-7-13)16(2,3)4/h6-10,12H,11H2,1-5H3,(H2,18,19,21)/b17-10-/t12-/m1/s1. The second kappa shape index (κ2) is 8.10. The summed E-state index contributed by atoms with van der Waals surface area (Å²) in [5, 5.41) is 7.69. The van der Waals surface area contributed by atoms with Crippen molar-refractivity contribution in [3.05, 3.63) is 35.4 Å². The largest absolute Gasteiger partial charge is 0.383 e. The molecule has 5 heteroatoms. The summed E-state index contributed by atoms with van der Waals surface area (Å²) in [6, 6.07) is 8.50. The van der Waals surface area contributed by atoms with Crippen LogP contribution < -0.4 is 10.7 Å². The van der Waals surface area contributed by atoms with E-state index in [0.717, 1.165) is 5.56 Å². The molecule has 0 heterocycles. The van der Waals surface area contributed by atoms with E-state index in [0.29, 0.717) is 11.7 Å². The van der Waals surface area contributed by atoms with Gasteiger partial charge in [0.25, 0.3) is 0 Å². The molecule has 0 aliphatic heterocycles. The molecule has 0 saturated heterocycles. The van der Waals surface area contributed by atoms with Crippen molar-refractivity contribution in [2.75, 3.05) is 13.7 Å². The molecule has 1 rings (SSSR count). The Balaban J connectivity index is 2.48. The molecular weight excluding hydrogens is 282 g/mol. The molecule has 0 spiro atoms. The average Bonchev–Trinajstić information content (AvgIpc) is 2.38. The first kappa shape index (κ1) is 17.6. The molecule has 2 N–H and O–H groups in total. The van der Waals surface area contributed by atoms with Crippen LogP contribution in [0.15, 0.2) is 29.4 Å². The molecule has 116 valence electrons. The van der Waals surface area contributed by atoms with Crippen LogP contribution in [0.5, 0.6) is 0 Å². The van der Waals surface area contributed by atoms with E-state index in [4.69, 9.17) is 17.0 Å². The van der Waals surface area contributed by atoms with E-state index in [-0.39, 0.29) is 11.5 Å². The first-order valence-electron chi connectivity index (χ1n) is 7.02. The molecule has 0 aliphatic rings. The lowest BCUT2D eigenvalue weighted by atomic mass is 9.87. The summed E-state index contributed by atoms with van der Waals surface area (Å²) in [4.78, 5) is 0. The summed E-state index contributed by atoms with van der Waals surface area (Å²) in [5.41, 5.74) is 5.30. The van der Waals surface area contributed by atoms with E-state index >= 15 is 0 Å². The highest BCUT2D eigenvalue weighted by Crippen LogP contribution is 2.21. The molecule has 0 fully saturated rings. The van der Waals surface area contributed by atoms with Crippen LogP contribution in [-0.2, 0) is 10.2 Å². The second-order valence-corrected chi connectivity index (χ2v) is 6.48. The van der Waals surface area contributed by atoms with Gasteiger partial charge in [0.05, 0.1) is 12.8 Å². The van der Waals surface area contributed by atoms with Crippen molar-refractivity contribution >= 4 is 23.5 Å². The normalized spacial score (nSPS) is 13.2. The van der Waals surface area contributed by atoms with Gasteiger partial charge in [0.15, 0.2) is 5.11 Å². The molecule has 4 nitrogen and oxygen atoms in total. The van der Waals surface area contributed by atoms with Gasteiger partial charge in [-0.15, -0.1) is 0 Å². The highest BCUT2D eigenvalue weighted by atomic mass is 32.1. The second-order valence-electron chi connectivity index (χ2n) is 6.07. The van der Waals surface area contributed by atoms with Crippen molar-refractivity contribution in [1.29, 1.82) is 0 Å². The van der Waals surface area contributed by atoms with E-state index in [2.05, 4.69) is 60.9 Å². The summed E-state index contributed by atoms with van der Waals surface area (Å²) in [6.45, 7) is 9.18. The van der Waals surface area contributed by atoms with Crippen LogP contribution >= 0.6 is 12.2 Å². The highest BCUT2D eigenvalue weighted by Gasteiger charge is 2.12. The fourth-order valence-electron chi connectivity index (χ4n) is 1.78. The summed E-state index contributed by atoms with van der Waals surface area (Å²) >= 11 is 5.14. The van der Waals surface area contributed by atoms with E-state index in [9.17, 15) is 0 Å². The summed E-state index contributed by atoms with van der Waals surface area (Å²) in [7, 11) is 1.66. The number of rotatable bonds is 5. The lowest BCUT2D eigenvalue weighted by Crippen LogP contribution is -2.40. The van der Waals surface area contributed by atoms with Crippen molar-refractivity contribution in [3.8, 4) is 0 Å². The topological polar surface area (TPSA) is 45.6 Å². The minimum atomic E-state index is 0.149. The Morgan fingerprint density at radius 2 is 1.95 bits per heavy atom. The lowest BCUT2D eigenvalue weighted by molar-refractivity contribution is 0.179. The van der Waals surface area contributed by atoms with Crippen molar-refractivity contribution < 1.29 is 4.74 Å². The van der Waals surface area contributed by atoms with E-state index in [1.54, 1.807) is 13.3 Å². The molecule has 0 bridgehead atoms. The summed E-state index contributed by atoms with van der Waals surface area (Å²) in [5.74, 6) is 0. The van der Waals surface area contributed by atoms with Gasteiger partial charge < -0.3 is 10.1 Å². The average molecular weight is 307 g/mol. The van der Waals surface area contributed by atoms with Crippen molar-refractivity contribution in [2.24, 2.45) is 5.10 Å². The first-order chi connectivity index (χ1) is 9.82. The van der Waals surface area contributed by atoms with Crippen LogP contribution in [0.4, 0.5) is 0 Å². The molecule has 21 heavy (non-hydrogen) atoms. The Morgan fingerprint density at radius 3 is 2.48 bits per heavy atom. The van der Waals surface area contributed by atoms with Gasteiger partial charge >= 0.3 is 0 Å². The Labute approximate surface area is 133 Å². The molecule has 0 aliphatic carbocycles. The van der Waals surface area contributed by atoms with Crippen LogP contribution in [0.2, 0.25) is 0 Å². The Kier molecular flexibility index (Phi) is 6.78. The number of hydrazone groups is 1. The van der Waals surface area contributed by atoms with Gasteiger partial charge in [-0.25, -0.2) is 0 Å². The zero-order valence-electron chi connectivity index (χ0n) is 13.4. The van der Waals surface area contributed by atoms with Gasteiger partial charge in [0, 0.05) is 13.2 Å². The number of ether oxygens (including phenoxy) is 1. The highest BCUT2D eigenvalue weighted by molar-refractivity contribution is 7.80. The lowest BCUT2D eigenvalue weighted by Gasteiger charge is -2.18. The monoisotopic (exact) mass is 307 g/mol. The molecule has 0 amide bonds. The molecule has 0 radical (unpaired) electrons. The van der Waals surface area contributed by atoms with E-state index in [1.165, 1.54) is 5.56 Å². The predicted octanol–water partition coefficient (Wildman–Crippen LogP) is 2.82. The maximum atomic E-state index is 5.14. The smallest absolute Gasteiger partial charge is 0.187 e. The van der Waals surface area contributed by atoms with E-state index in [1.807, 2.05) is 6.92 Å². The summed E-state index contributed by atoms with van der Waals surface area (Å²) in [6.07, 6.45) is 1.75. The van der Waals surface area contributed by atoms with Gasteiger partial charge in [-0.3, -0.25) is 5.43 Å². The molecule has 0 aromatic heterocycles. The number of nitrogens with zero attached hydrogens (tertiary/aromatic N) is 1. The molecule has 0 unspecified atom stereocenters. The number of hydrogen-bond donors (Lipinski definition) is 2. The number of benzene rings is 1. The minimum Gasteiger partial charge on any atom is -0.383 e. The van der Waals surface area contributed by atoms with Gasteiger partial charge in [0.2, 0.25) is 0 Å². The van der Waals surface area contributed by atoms with Crippen LogP contribution in [0.25, 0.3) is 0 Å².